The summed E-state index contributed by atoms with van der Waals surface area (Å²) in [7, 11) is 0. The van der Waals surface area contributed by atoms with Crippen molar-refractivity contribution in [3.8, 4) is 5.75 Å². The molecular weight excluding hydrogens is 264 g/mol. The van der Waals surface area contributed by atoms with E-state index < -0.39 is 0 Å². The molecule has 0 atom stereocenters. The van der Waals surface area contributed by atoms with Crippen molar-refractivity contribution >= 4 is 23.2 Å². The summed E-state index contributed by atoms with van der Waals surface area (Å²) in [5, 5.41) is 3.45. The second kappa shape index (κ2) is 5.80. The lowest BCUT2D eigenvalue weighted by atomic mass is 10.1. The first-order valence-electron chi connectivity index (χ1n) is 6.55. The number of amides is 1. The van der Waals surface area contributed by atoms with E-state index in [-0.39, 0.29) is 11.3 Å². The van der Waals surface area contributed by atoms with Crippen LogP contribution in [0.25, 0.3) is 0 Å². The second-order valence-electron chi connectivity index (χ2n) is 4.93. The van der Waals surface area contributed by atoms with Gasteiger partial charge in [0.2, 0.25) is 5.91 Å². The predicted octanol–water partition coefficient (Wildman–Crippen LogP) is 2.81. The van der Waals surface area contributed by atoms with Gasteiger partial charge in [0.25, 0.3) is 0 Å². The lowest BCUT2D eigenvalue weighted by Crippen LogP contribution is -2.31. The fourth-order valence-corrected chi connectivity index (χ4v) is 2.04. The zero-order chi connectivity index (χ0) is 13.9. The molecule has 0 unspecified atom stereocenters. The van der Waals surface area contributed by atoms with E-state index >= 15 is 0 Å². The molecule has 104 valence electrons. The molecule has 5 heteroatoms. The van der Waals surface area contributed by atoms with E-state index in [9.17, 15) is 4.79 Å². The molecule has 19 heavy (non-hydrogen) atoms. The van der Waals surface area contributed by atoms with Crippen LogP contribution in [0.1, 0.15) is 26.2 Å². The fourth-order valence-electron chi connectivity index (χ4n) is 1.87. The van der Waals surface area contributed by atoms with Crippen LogP contribution in [-0.4, -0.2) is 19.1 Å². The number of halogens is 1. The Morgan fingerprint density at radius 2 is 2.26 bits per heavy atom. The van der Waals surface area contributed by atoms with E-state index in [0.717, 1.165) is 19.3 Å². The van der Waals surface area contributed by atoms with Gasteiger partial charge in [-0.2, -0.15) is 0 Å². The monoisotopic (exact) mass is 282 g/mol. The molecule has 0 saturated heterocycles. The molecule has 1 aliphatic carbocycles. The zero-order valence-electron chi connectivity index (χ0n) is 11.0. The minimum atomic E-state index is -0.385. The van der Waals surface area contributed by atoms with Crippen molar-refractivity contribution in [1.82, 2.24) is 0 Å². The number of hydrogen-bond acceptors (Lipinski definition) is 3. The van der Waals surface area contributed by atoms with Crippen LogP contribution in [0, 0.1) is 5.41 Å². The van der Waals surface area contributed by atoms with E-state index in [1.165, 1.54) is 0 Å². The van der Waals surface area contributed by atoms with Gasteiger partial charge < -0.3 is 15.8 Å². The van der Waals surface area contributed by atoms with Crippen molar-refractivity contribution in [3.63, 3.8) is 0 Å². The van der Waals surface area contributed by atoms with Crippen LogP contribution in [0.4, 0.5) is 5.69 Å². The molecule has 1 aromatic rings. The molecule has 1 fully saturated rings. The van der Waals surface area contributed by atoms with E-state index in [1.54, 1.807) is 18.2 Å². The Labute approximate surface area is 118 Å². The molecule has 0 aromatic heterocycles. The molecule has 1 saturated carbocycles. The summed E-state index contributed by atoms with van der Waals surface area (Å²) in [6, 6.07) is 5.23. The van der Waals surface area contributed by atoms with Crippen molar-refractivity contribution in [1.29, 1.82) is 0 Å². The third-order valence-corrected chi connectivity index (χ3v) is 3.61. The van der Waals surface area contributed by atoms with Crippen molar-refractivity contribution in [2.75, 3.05) is 18.5 Å². The summed E-state index contributed by atoms with van der Waals surface area (Å²) in [5.74, 6) is 0.603. The van der Waals surface area contributed by atoms with Gasteiger partial charge in [-0.3, -0.25) is 4.79 Å². The fraction of sp³-hybridized carbons (Fsp3) is 0.500. The highest BCUT2D eigenvalue weighted by atomic mass is 35.5. The number of hydrogen-bond donors (Lipinski definition) is 2. The van der Waals surface area contributed by atoms with Crippen LogP contribution in [0.5, 0.6) is 5.75 Å². The molecule has 0 heterocycles. The van der Waals surface area contributed by atoms with Gasteiger partial charge in [-0.25, -0.2) is 0 Å². The standard InChI is InChI=1S/C14H19ClN2O2/c1-2-7-19-12-4-3-10(15)8-11(12)17-13(18)14(9-16)5-6-14/h3-4,8H,2,5-7,9,16H2,1H3,(H,17,18). The topological polar surface area (TPSA) is 64.3 Å². The Balaban J connectivity index is 2.13. The number of ether oxygens (including phenoxy) is 1. The first-order chi connectivity index (χ1) is 9.11. The second-order valence-corrected chi connectivity index (χ2v) is 5.36. The van der Waals surface area contributed by atoms with Gasteiger partial charge in [-0.05, 0) is 37.5 Å². The Kier molecular flexibility index (Phi) is 4.32. The maximum absolute atomic E-state index is 12.2. The van der Waals surface area contributed by atoms with Gasteiger partial charge in [0, 0.05) is 11.6 Å². The van der Waals surface area contributed by atoms with Gasteiger partial charge in [0.05, 0.1) is 17.7 Å². The number of carbonyl (C=O) groups excluding carboxylic acids is 1. The predicted molar refractivity (Wildman–Crippen MR) is 76.6 cm³/mol. The first kappa shape index (κ1) is 14.2. The zero-order valence-corrected chi connectivity index (χ0v) is 11.8. The summed E-state index contributed by atoms with van der Waals surface area (Å²) >= 11 is 5.97. The number of rotatable bonds is 6. The Morgan fingerprint density at radius 3 is 2.84 bits per heavy atom. The third-order valence-electron chi connectivity index (χ3n) is 3.38. The van der Waals surface area contributed by atoms with Crippen LogP contribution in [0.3, 0.4) is 0 Å². The normalized spacial score (nSPS) is 15.9. The average Bonchev–Trinajstić information content (AvgIpc) is 3.19. The lowest BCUT2D eigenvalue weighted by Gasteiger charge is -2.16. The molecule has 4 nitrogen and oxygen atoms in total. The van der Waals surface area contributed by atoms with Gasteiger partial charge >= 0.3 is 0 Å². The van der Waals surface area contributed by atoms with Gasteiger partial charge in [-0.15, -0.1) is 0 Å². The molecule has 1 amide bonds. The average molecular weight is 283 g/mol. The minimum absolute atomic E-state index is 0.0429. The maximum Gasteiger partial charge on any atom is 0.231 e. The Bertz CT molecular complexity index is 473. The quantitative estimate of drug-likeness (QED) is 0.843. The lowest BCUT2D eigenvalue weighted by molar-refractivity contribution is -0.120. The van der Waals surface area contributed by atoms with Gasteiger partial charge in [0.1, 0.15) is 5.75 Å². The smallest absolute Gasteiger partial charge is 0.231 e. The highest BCUT2D eigenvalue weighted by molar-refractivity contribution is 6.31. The Hall–Kier alpha value is -1.26. The van der Waals surface area contributed by atoms with Crippen molar-refractivity contribution in [2.45, 2.75) is 26.2 Å². The molecule has 0 bridgehead atoms. The van der Waals surface area contributed by atoms with E-state index in [1.807, 2.05) is 6.92 Å². The van der Waals surface area contributed by atoms with Crippen LogP contribution < -0.4 is 15.8 Å². The molecule has 2 rings (SSSR count). The highest BCUT2D eigenvalue weighted by Crippen LogP contribution is 2.46. The number of nitrogens with one attached hydrogen (secondary N) is 1. The Morgan fingerprint density at radius 1 is 1.53 bits per heavy atom. The summed E-state index contributed by atoms with van der Waals surface area (Å²) in [4.78, 5) is 12.2. The summed E-state index contributed by atoms with van der Waals surface area (Å²) < 4.78 is 5.60. The molecule has 0 aliphatic heterocycles. The van der Waals surface area contributed by atoms with Crippen LogP contribution in [0.15, 0.2) is 18.2 Å². The summed E-state index contributed by atoms with van der Waals surface area (Å²) in [6.07, 6.45) is 2.60. The van der Waals surface area contributed by atoms with Crippen molar-refractivity contribution < 1.29 is 9.53 Å². The van der Waals surface area contributed by atoms with Crippen LogP contribution in [0.2, 0.25) is 5.02 Å². The van der Waals surface area contributed by atoms with E-state index in [2.05, 4.69) is 5.32 Å². The van der Waals surface area contributed by atoms with E-state index in [4.69, 9.17) is 22.1 Å². The first-order valence-corrected chi connectivity index (χ1v) is 6.93. The van der Waals surface area contributed by atoms with Gasteiger partial charge in [0.15, 0.2) is 0 Å². The number of carbonyl (C=O) groups is 1. The molecule has 1 aliphatic rings. The third kappa shape index (κ3) is 3.19. The molecule has 1 aromatic carbocycles. The SMILES string of the molecule is CCCOc1ccc(Cl)cc1NC(=O)C1(CN)CC1. The molecule has 0 spiro atoms. The van der Waals surface area contributed by atoms with Gasteiger partial charge in [-0.1, -0.05) is 18.5 Å². The number of benzene rings is 1. The number of nitrogens with two attached hydrogens (primary N) is 1. The molecular formula is C14H19ClN2O2. The highest BCUT2D eigenvalue weighted by Gasteiger charge is 2.48. The van der Waals surface area contributed by atoms with Crippen molar-refractivity contribution in [3.05, 3.63) is 23.2 Å². The van der Waals surface area contributed by atoms with Crippen LogP contribution >= 0.6 is 11.6 Å². The number of anilines is 1. The van der Waals surface area contributed by atoms with E-state index in [0.29, 0.717) is 29.6 Å². The van der Waals surface area contributed by atoms with Crippen molar-refractivity contribution in [2.24, 2.45) is 11.1 Å². The minimum Gasteiger partial charge on any atom is -0.491 e. The molecule has 3 N–H and O–H groups in total. The largest absolute Gasteiger partial charge is 0.491 e. The summed E-state index contributed by atoms with van der Waals surface area (Å²) in [6.45, 7) is 3.01. The molecule has 0 radical (unpaired) electrons. The summed E-state index contributed by atoms with van der Waals surface area (Å²) in [5.41, 5.74) is 5.89. The maximum atomic E-state index is 12.2. The van der Waals surface area contributed by atoms with Crippen LogP contribution in [-0.2, 0) is 4.79 Å².